The second kappa shape index (κ2) is 7.53. The molecule has 0 bridgehead atoms. The smallest absolute Gasteiger partial charge is 0.348 e. The minimum Gasteiger partial charge on any atom is -0.455 e. The van der Waals surface area contributed by atoms with Crippen LogP contribution in [-0.4, -0.2) is 20.7 Å². The molecule has 4 aromatic heterocycles. The van der Waals surface area contributed by atoms with Crippen LogP contribution in [0.1, 0.15) is 34.9 Å². The highest BCUT2D eigenvalue weighted by atomic mass is 32.1. The van der Waals surface area contributed by atoms with Crippen LogP contribution in [0.5, 0.6) is 0 Å². The second-order valence-corrected chi connectivity index (χ2v) is 9.39. The van der Waals surface area contributed by atoms with Crippen LogP contribution in [0.25, 0.3) is 20.8 Å². The number of fused-ring (bicyclic) bond motifs is 1. The minimum atomic E-state index is -0.309. The Kier molecular flexibility index (Phi) is 5.12. The first-order valence-electron chi connectivity index (χ1n) is 8.62. The Morgan fingerprint density at radius 1 is 1.33 bits per heavy atom. The molecule has 5 nitrogen and oxygen atoms in total. The van der Waals surface area contributed by atoms with Crippen LogP contribution in [0.4, 0.5) is 0 Å². The molecule has 8 heteroatoms. The van der Waals surface area contributed by atoms with E-state index in [2.05, 4.69) is 29.3 Å². The summed E-state index contributed by atoms with van der Waals surface area (Å²) in [6.07, 6.45) is 0. The maximum atomic E-state index is 12.5. The van der Waals surface area contributed by atoms with Crippen molar-refractivity contribution in [2.45, 2.75) is 33.9 Å². The van der Waals surface area contributed by atoms with Gasteiger partial charge in [-0.05, 0) is 30.4 Å². The average molecular weight is 418 g/mol. The van der Waals surface area contributed by atoms with Crippen LogP contribution in [-0.2, 0) is 17.9 Å². The van der Waals surface area contributed by atoms with Crippen molar-refractivity contribution in [2.75, 3.05) is 0 Å². The number of esters is 1. The van der Waals surface area contributed by atoms with Crippen LogP contribution in [0, 0.1) is 12.8 Å². The number of aryl methyl sites for hydroxylation is 1. The lowest BCUT2D eigenvalue weighted by Gasteiger charge is -2.05. The first-order chi connectivity index (χ1) is 13.0. The summed E-state index contributed by atoms with van der Waals surface area (Å²) < 4.78 is 7.48. The Morgan fingerprint density at radius 2 is 2.19 bits per heavy atom. The topological polar surface area (TPSA) is 57.0 Å². The summed E-state index contributed by atoms with van der Waals surface area (Å²) >= 11 is 4.65. The lowest BCUT2D eigenvalue weighted by molar-refractivity contribution is 0.0474. The third-order valence-corrected chi connectivity index (χ3v) is 6.77. The lowest BCUT2D eigenvalue weighted by Crippen LogP contribution is -2.06. The van der Waals surface area contributed by atoms with Gasteiger partial charge in [-0.2, -0.15) is 16.4 Å². The van der Waals surface area contributed by atoms with Crippen molar-refractivity contribution in [1.29, 1.82) is 0 Å². The van der Waals surface area contributed by atoms with Gasteiger partial charge in [0, 0.05) is 28.3 Å². The predicted molar refractivity (Wildman–Crippen MR) is 112 cm³/mol. The van der Waals surface area contributed by atoms with E-state index in [1.54, 1.807) is 22.7 Å². The number of ether oxygens (including phenoxy) is 1. The number of carbonyl (C=O) groups is 1. The summed E-state index contributed by atoms with van der Waals surface area (Å²) in [5, 5.41) is 12.6. The molecule has 0 aromatic carbocycles. The number of hydrogen-bond donors (Lipinski definition) is 0. The van der Waals surface area contributed by atoms with Gasteiger partial charge in [-0.15, -0.1) is 22.7 Å². The summed E-state index contributed by atoms with van der Waals surface area (Å²) in [6.45, 7) is 7.31. The number of carbonyl (C=O) groups excluding carboxylic acids is 1. The SMILES string of the molecule is Cc1nn(CC(C)C)c2sc(C(=O)OCc3csc(-c4ccsc4)n3)cc12. The molecule has 0 unspecified atom stereocenters. The van der Waals surface area contributed by atoms with Gasteiger partial charge in [0.1, 0.15) is 21.3 Å². The van der Waals surface area contributed by atoms with E-state index in [9.17, 15) is 4.79 Å². The molecule has 0 saturated carbocycles. The van der Waals surface area contributed by atoms with E-state index in [4.69, 9.17) is 4.74 Å². The molecule has 0 saturated heterocycles. The summed E-state index contributed by atoms with van der Waals surface area (Å²) in [5.74, 6) is 0.184. The van der Waals surface area contributed by atoms with Crippen molar-refractivity contribution in [3.8, 4) is 10.6 Å². The van der Waals surface area contributed by atoms with Crippen molar-refractivity contribution in [3.63, 3.8) is 0 Å². The Morgan fingerprint density at radius 3 is 2.93 bits per heavy atom. The minimum absolute atomic E-state index is 0.185. The first-order valence-corrected chi connectivity index (χ1v) is 11.3. The molecule has 0 N–H and O–H groups in total. The number of rotatable bonds is 6. The number of thiazole rings is 1. The fourth-order valence-corrected chi connectivity index (χ4v) is 5.37. The fraction of sp³-hybridized carbons (Fsp3) is 0.316. The van der Waals surface area contributed by atoms with Gasteiger partial charge in [-0.1, -0.05) is 13.8 Å². The Balaban J connectivity index is 1.47. The van der Waals surface area contributed by atoms with E-state index in [0.717, 1.165) is 38.7 Å². The zero-order valence-corrected chi connectivity index (χ0v) is 17.7. The molecule has 0 aliphatic heterocycles. The van der Waals surface area contributed by atoms with E-state index in [-0.39, 0.29) is 12.6 Å². The molecule has 0 amide bonds. The van der Waals surface area contributed by atoms with E-state index in [0.29, 0.717) is 10.8 Å². The highest BCUT2D eigenvalue weighted by Gasteiger charge is 2.18. The summed E-state index contributed by atoms with van der Waals surface area (Å²) in [7, 11) is 0. The second-order valence-electron chi connectivity index (χ2n) is 6.72. The monoisotopic (exact) mass is 417 g/mol. The van der Waals surface area contributed by atoms with Crippen LogP contribution in [0.15, 0.2) is 28.3 Å². The van der Waals surface area contributed by atoms with Crippen LogP contribution in [0.3, 0.4) is 0 Å². The molecule has 27 heavy (non-hydrogen) atoms. The molecule has 0 aliphatic rings. The number of aromatic nitrogens is 3. The molecule has 0 fully saturated rings. The maximum Gasteiger partial charge on any atom is 0.348 e. The van der Waals surface area contributed by atoms with Crippen molar-refractivity contribution < 1.29 is 9.53 Å². The molecule has 0 spiro atoms. The van der Waals surface area contributed by atoms with E-state index >= 15 is 0 Å². The normalized spacial score (nSPS) is 11.6. The lowest BCUT2D eigenvalue weighted by atomic mass is 10.2. The third-order valence-electron chi connectivity index (χ3n) is 4.02. The molecular weight excluding hydrogens is 398 g/mol. The van der Waals surface area contributed by atoms with Gasteiger partial charge in [0.25, 0.3) is 0 Å². The van der Waals surface area contributed by atoms with Gasteiger partial charge in [0.2, 0.25) is 0 Å². The number of nitrogens with zero attached hydrogens (tertiary/aromatic N) is 3. The molecule has 4 heterocycles. The number of thiophene rings is 2. The van der Waals surface area contributed by atoms with Gasteiger partial charge in [0.15, 0.2) is 0 Å². The van der Waals surface area contributed by atoms with Crippen molar-refractivity contribution in [2.24, 2.45) is 5.92 Å². The molecular formula is C19H19N3O2S3. The van der Waals surface area contributed by atoms with E-state index < -0.39 is 0 Å². The molecule has 140 valence electrons. The summed E-state index contributed by atoms with van der Waals surface area (Å²) in [4.78, 5) is 18.7. The summed E-state index contributed by atoms with van der Waals surface area (Å²) in [6, 6.07) is 3.93. The quantitative estimate of drug-likeness (QED) is 0.383. The molecule has 4 rings (SSSR count). The standard InChI is InChI=1S/C19H19N3O2S3/c1-11(2)7-22-18-15(12(3)21-22)6-16(27-18)19(23)24-8-14-10-26-17(20-14)13-4-5-25-9-13/h4-6,9-11H,7-8H2,1-3H3. The molecule has 0 aliphatic carbocycles. The largest absolute Gasteiger partial charge is 0.455 e. The van der Waals surface area contributed by atoms with Crippen LogP contribution in [0.2, 0.25) is 0 Å². The molecule has 0 atom stereocenters. The van der Waals surface area contributed by atoms with Crippen molar-refractivity contribution in [1.82, 2.24) is 14.8 Å². The highest BCUT2D eigenvalue weighted by molar-refractivity contribution is 7.20. The zero-order valence-electron chi connectivity index (χ0n) is 15.3. The van der Waals surface area contributed by atoms with Gasteiger partial charge in [-0.3, -0.25) is 4.68 Å². The first kappa shape index (κ1) is 18.3. The van der Waals surface area contributed by atoms with Crippen molar-refractivity contribution in [3.05, 3.63) is 44.5 Å². The number of hydrogen-bond acceptors (Lipinski definition) is 7. The van der Waals surface area contributed by atoms with E-state index in [1.165, 1.54) is 11.3 Å². The van der Waals surface area contributed by atoms with Gasteiger partial charge in [-0.25, -0.2) is 9.78 Å². The van der Waals surface area contributed by atoms with Crippen LogP contribution < -0.4 is 0 Å². The Bertz CT molecular complexity index is 1070. The zero-order chi connectivity index (χ0) is 19.0. The summed E-state index contributed by atoms with van der Waals surface area (Å²) in [5.41, 5.74) is 2.83. The maximum absolute atomic E-state index is 12.5. The van der Waals surface area contributed by atoms with Gasteiger partial charge in [0.05, 0.1) is 11.4 Å². The van der Waals surface area contributed by atoms with Gasteiger partial charge < -0.3 is 4.74 Å². The van der Waals surface area contributed by atoms with E-state index in [1.807, 2.05) is 34.5 Å². The molecule has 0 radical (unpaired) electrons. The third kappa shape index (κ3) is 3.83. The Hall–Kier alpha value is -2.03. The van der Waals surface area contributed by atoms with Crippen LogP contribution >= 0.6 is 34.0 Å². The predicted octanol–water partition coefficient (Wildman–Crippen LogP) is 5.60. The van der Waals surface area contributed by atoms with Gasteiger partial charge >= 0.3 is 5.97 Å². The van der Waals surface area contributed by atoms with Crippen molar-refractivity contribution >= 4 is 50.2 Å². The highest BCUT2D eigenvalue weighted by Crippen LogP contribution is 2.30. The Labute approximate surface area is 169 Å². The molecule has 4 aromatic rings. The average Bonchev–Trinajstić information content (AvgIpc) is 3.40. The fourth-order valence-electron chi connectivity index (χ4n) is 2.79.